The van der Waals surface area contributed by atoms with Gasteiger partial charge in [0, 0.05) is 19.4 Å². The zero-order valence-electron chi connectivity index (χ0n) is 45.0. The van der Waals surface area contributed by atoms with Crippen LogP contribution in [0.25, 0.3) is 0 Å². The molecule has 0 aliphatic carbocycles. The zero-order chi connectivity index (χ0) is 56.9. The molecule has 0 saturated carbocycles. The molecule has 76 heavy (non-hydrogen) atoms. The van der Waals surface area contributed by atoms with Gasteiger partial charge >= 0.3 is 0 Å². The number of nitrogens with two attached hydrogens (primary N) is 3. The Morgan fingerprint density at radius 2 is 1.17 bits per heavy atom. The van der Waals surface area contributed by atoms with E-state index in [2.05, 4.69) is 60.1 Å². The van der Waals surface area contributed by atoms with Gasteiger partial charge in [0.2, 0.25) is 59.1 Å². The van der Waals surface area contributed by atoms with E-state index in [0.29, 0.717) is 12.0 Å². The van der Waals surface area contributed by atoms with Crippen LogP contribution < -0.4 is 70.4 Å². The Hall–Kier alpha value is -6.28. The Morgan fingerprint density at radius 3 is 1.74 bits per heavy atom. The van der Waals surface area contributed by atoms with Crippen LogP contribution in [0.2, 0.25) is 0 Å². The Balaban J connectivity index is 2.68. The molecule has 1 aliphatic rings. The molecule has 2 rings (SSSR count). The molecule has 25 heteroatoms. The zero-order valence-corrected chi connectivity index (χ0v) is 45.0. The number of carbonyl (C=O) groups is 10. The summed E-state index contributed by atoms with van der Waals surface area (Å²) in [7, 11) is 0. The fourth-order valence-corrected chi connectivity index (χ4v) is 8.23. The standard InChI is InChI=1S/C51H87N13O12/c1-7-9-10-11-15-18-40(67)63-42(31(6)66)51(76)60-35(20-24-53)44(69)59-37-22-26-55-50(75)41(30(5)65)64-47(72)36(21-25-54)57-43(68)33(8-2)56-48(73)38(27-29(3)4)61-49(74)39(28-32-16-13-12-14-17-32)62-45(70)34(19-23-52)58-46(37)71/h12-14,16-17,29-31,33-39,41-42,65-66H,7-11,15,18-28,52-54H2,1-6H3,(H,55,75)(H,56,73)(H,57,68)(H,58,71)(H,59,69)(H,60,76)(H,61,74)(H,62,70)(H,63,67)(H,64,72)/t30-,31-,33+,34+,35+,36+,37+,38+,39+,41+,42+/m1/s1. The molecule has 11 atom stereocenters. The maximum atomic E-state index is 14.4. The van der Waals surface area contributed by atoms with E-state index in [4.69, 9.17) is 17.2 Å². The van der Waals surface area contributed by atoms with Crippen LogP contribution in [0.3, 0.4) is 0 Å². The minimum absolute atomic E-state index is 0.0444. The maximum absolute atomic E-state index is 14.4. The van der Waals surface area contributed by atoms with Crippen molar-refractivity contribution in [1.29, 1.82) is 0 Å². The van der Waals surface area contributed by atoms with Crippen molar-refractivity contribution in [3.8, 4) is 0 Å². The number of unbranched alkanes of at least 4 members (excludes halogenated alkanes) is 4. The number of benzene rings is 1. The number of aliphatic hydroxyl groups is 2. The fourth-order valence-electron chi connectivity index (χ4n) is 8.23. The number of rotatable bonds is 24. The van der Waals surface area contributed by atoms with Crippen molar-refractivity contribution in [3.05, 3.63) is 35.9 Å². The lowest BCUT2D eigenvalue weighted by Crippen LogP contribution is -2.61. The molecule has 0 radical (unpaired) electrons. The summed E-state index contributed by atoms with van der Waals surface area (Å²) in [4.78, 5) is 139. The summed E-state index contributed by atoms with van der Waals surface area (Å²) in [6, 6.07) is -4.13. The number of aliphatic hydroxyl groups excluding tert-OH is 2. The third-order valence-corrected chi connectivity index (χ3v) is 12.6. The highest BCUT2D eigenvalue weighted by atomic mass is 16.3. The van der Waals surface area contributed by atoms with Crippen molar-refractivity contribution in [1.82, 2.24) is 53.2 Å². The average molecular weight is 1070 g/mol. The Bertz CT molecular complexity index is 2050. The molecule has 428 valence electrons. The molecule has 25 nitrogen and oxygen atoms in total. The smallest absolute Gasteiger partial charge is 0.245 e. The van der Waals surface area contributed by atoms with Crippen LogP contribution in [-0.4, -0.2) is 162 Å². The first-order chi connectivity index (χ1) is 36.1. The first kappa shape index (κ1) is 65.8. The summed E-state index contributed by atoms with van der Waals surface area (Å²) in [6.45, 7) is 8.96. The highest BCUT2D eigenvalue weighted by molar-refractivity contribution is 5.99. The molecule has 1 aliphatic heterocycles. The van der Waals surface area contributed by atoms with Gasteiger partial charge in [0.25, 0.3) is 0 Å². The molecule has 18 N–H and O–H groups in total. The second kappa shape index (κ2) is 35.1. The van der Waals surface area contributed by atoms with Crippen LogP contribution >= 0.6 is 0 Å². The molecule has 0 spiro atoms. The van der Waals surface area contributed by atoms with Crippen molar-refractivity contribution >= 4 is 59.1 Å². The number of amides is 10. The number of hydrogen-bond acceptors (Lipinski definition) is 15. The normalized spacial score (nSPS) is 23.4. The van der Waals surface area contributed by atoms with Crippen LogP contribution in [0.15, 0.2) is 30.3 Å². The predicted octanol–water partition coefficient (Wildman–Crippen LogP) is -3.26. The van der Waals surface area contributed by atoms with E-state index in [0.717, 1.165) is 25.7 Å². The second-order valence-corrected chi connectivity index (χ2v) is 19.6. The molecule has 1 saturated heterocycles. The van der Waals surface area contributed by atoms with Gasteiger partial charge in [0.1, 0.15) is 54.4 Å². The minimum atomic E-state index is -1.63. The number of carbonyl (C=O) groups excluding carboxylic acids is 10. The van der Waals surface area contributed by atoms with Gasteiger partial charge in [-0.05, 0) is 89.9 Å². The third-order valence-electron chi connectivity index (χ3n) is 12.6. The van der Waals surface area contributed by atoms with Crippen molar-refractivity contribution in [2.45, 2.75) is 192 Å². The molecule has 1 aromatic rings. The lowest BCUT2D eigenvalue weighted by atomic mass is 10.00. The molecule has 0 bridgehead atoms. The van der Waals surface area contributed by atoms with Crippen LogP contribution in [0.5, 0.6) is 0 Å². The van der Waals surface area contributed by atoms with Gasteiger partial charge in [-0.2, -0.15) is 0 Å². The van der Waals surface area contributed by atoms with Gasteiger partial charge in [0.15, 0.2) is 0 Å². The predicted molar refractivity (Wildman–Crippen MR) is 283 cm³/mol. The van der Waals surface area contributed by atoms with E-state index >= 15 is 0 Å². The lowest BCUT2D eigenvalue weighted by Gasteiger charge is -2.28. The van der Waals surface area contributed by atoms with E-state index in [1.807, 2.05) is 13.8 Å². The summed E-state index contributed by atoms with van der Waals surface area (Å²) in [5.41, 5.74) is 18.2. The maximum Gasteiger partial charge on any atom is 0.245 e. The Morgan fingerprint density at radius 1 is 0.632 bits per heavy atom. The first-order valence-electron chi connectivity index (χ1n) is 26.6. The van der Waals surface area contributed by atoms with E-state index in [-0.39, 0.29) is 70.5 Å². The molecular formula is C51H87N13O12. The molecule has 1 aromatic carbocycles. The lowest BCUT2D eigenvalue weighted by molar-refractivity contribution is -0.136. The van der Waals surface area contributed by atoms with E-state index in [1.165, 1.54) is 13.8 Å². The SMILES string of the molecule is CCCCCCCC(=O)N[C@H](C(=O)N[C@@H](CCN)C(=O)N[C@H]1CCNC(=O)[C@H]([C@@H](C)O)NC(=O)[C@H](CCN)NC(=O)[C@H](CC)NC(=O)[C@H](CC(C)C)NC(=O)[C@H](Cc2ccccc2)NC(=O)[C@H](CCN)NC1=O)[C@@H](C)O. The van der Waals surface area contributed by atoms with Gasteiger partial charge in [-0.15, -0.1) is 0 Å². The molecular weight excluding hydrogens is 987 g/mol. The quantitative estimate of drug-likeness (QED) is 0.0452. The second-order valence-electron chi connectivity index (χ2n) is 19.6. The molecule has 10 amide bonds. The van der Waals surface area contributed by atoms with E-state index in [1.54, 1.807) is 37.3 Å². The van der Waals surface area contributed by atoms with Gasteiger partial charge in [-0.1, -0.05) is 83.7 Å². The molecule has 1 fully saturated rings. The third kappa shape index (κ3) is 23.3. The minimum Gasteiger partial charge on any atom is -0.391 e. The van der Waals surface area contributed by atoms with Crippen LogP contribution in [0.4, 0.5) is 0 Å². The fraction of sp³-hybridized carbons (Fsp3) is 0.686. The van der Waals surface area contributed by atoms with Crippen LogP contribution in [-0.2, 0) is 54.4 Å². The highest BCUT2D eigenvalue weighted by Crippen LogP contribution is 2.12. The monoisotopic (exact) mass is 1070 g/mol. The van der Waals surface area contributed by atoms with Crippen molar-refractivity contribution in [2.24, 2.45) is 23.1 Å². The van der Waals surface area contributed by atoms with Crippen LogP contribution in [0.1, 0.15) is 124 Å². The van der Waals surface area contributed by atoms with E-state index < -0.39 is 139 Å². The van der Waals surface area contributed by atoms with Crippen molar-refractivity contribution in [3.63, 3.8) is 0 Å². The Kier molecular flexibility index (Phi) is 30.4. The van der Waals surface area contributed by atoms with Gasteiger partial charge in [-0.3, -0.25) is 47.9 Å². The van der Waals surface area contributed by atoms with Crippen molar-refractivity contribution in [2.75, 3.05) is 26.2 Å². The average Bonchev–Trinajstić information content (AvgIpc) is 3.36. The van der Waals surface area contributed by atoms with E-state index in [9.17, 15) is 58.2 Å². The summed E-state index contributed by atoms with van der Waals surface area (Å²) in [6.07, 6.45) is 0.611. The summed E-state index contributed by atoms with van der Waals surface area (Å²) in [5, 5.41) is 47.0. The largest absolute Gasteiger partial charge is 0.391 e. The summed E-state index contributed by atoms with van der Waals surface area (Å²) < 4.78 is 0. The molecule has 1 heterocycles. The van der Waals surface area contributed by atoms with Gasteiger partial charge < -0.3 is 80.6 Å². The Labute approximate surface area is 446 Å². The van der Waals surface area contributed by atoms with Gasteiger partial charge in [0.05, 0.1) is 12.2 Å². The topological polar surface area (TPSA) is 410 Å². The number of nitrogens with one attached hydrogen (secondary N) is 10. The highest BCUT2D eigenvalue weighted by Gasteiger charge is 2.37. The van der Waals surface area contributed by atoms with Gasteiger partial charge in [-0.25, -0.2) is 0 Å². The summed E-state index contributed by atoms with van der Waals surface area (Å²) in [5.74, 6) is -8.56. The first-order valence-corrected chi connectivity index (χ1v) is 26.6. The molecule has 0 unspecified atom stereocenters. The molecule has 0 aromatic heterocycles. The van der Waals surface area contributed by atoms with Crippen molar-refractivity contribution < 1.29 is 58.2 Å². The summed E-state index contributed by atoms with van der Waals surface area (Å²) >= 11 is 0. The van der Waals surface area contributed by atoms with Crippen LogP contribution in [0, 0.1) is 5.92 Å². The number of hydrogen-bond donors (Lipinski definition) is 15.